The molecule has 6 atom stereocenters. The van der Waals surface area contributed by atoms with Gasteiger partial charge in [-0.05, 0) is 13.3 Å². The molecule has 0 saturated carbocycles. The largest absolute Gasteiger partial charge is 0.381 e. The third-order valence-electron chi connectivity index (χ3n) is 4.33. The van der Waals surface area contributed by atoms with Gasteiger partial charge < -0.3 is 19.0 Å². The molecule has 1 saturated heterocycles. The summed E-state index contributed by atoms with van der Waals surface area (Å²) in [5, 5.41) is 0. The van der Waals surface area contributed by atoms with Crippen molar-refractivity contribution in [2.45, 2.75) is 63.6 Å². The van der Waals surface area contributed by atoms with E-state index in [1.165, 1.54) is 0 Å². The average molecular weight is 296 g/mol. The molecule has 5 nitrogen and oxygen atoms in total. The Morgan fingerprint density at radius 3 is 2.81 bits per heavy atom. The van der Waals surface area contributed by atoms with Gasteiger partial charge in [-0.25, -0.2) is 0 Å². The van der Waals surface area contributed by atoms with E-state index in [2.05, 4.69) is 6.08 Å². The molecule has 0 aliphatic carbocycles. The molecule has 2 aliphatic rings. The number of carbonyl (C=O) groups excluding carboxylic acids is 2. The molecule has 2 rings (SSSR count). The van der Waals surface area contributed by atoms with Crippen LogP contribution in [0, 0.1) is 5.92 Å². The molecule has 0 N–H and O–H groups in total. The van der Waals surface area contributed by atoms with E-state index in [-0.39, 0.29) is 42.2 Å². The van der Waals surface area contributed by atoms with Crippen molar-refractivity contribution in [3.8, 4) is 0 Å². The van der Waals surface area contributed by atoms with Gasteiger partial charge in [-0.1, -0.05) is 19.1 Å². The number of rotatable bonds is 8. The lowest BCUT2D eigenvalue weighted by Gasteiger charge is -2.30. The van der Waals surface area contributed by atoms with Gasteiger partial charge in [0.05, 0.1) is 24.4 Å². The van der Waals surface area contributed by atoms with E-state index >= 15 is 0 Å². The summed E-state index contributed by atoms with van der Waals surface area (Å²) in [5.74, 6) is -0.000813. The van der Waals surface area contributed by atoms with Crippen molar-refractivity contribution in [1.82, 2.24) is 0 Å². The van der Waals surface area contributed by atoms with Crippen LogP contribution in [-0.2, 0) is 23.8 Å². The van der Waals surface area contributed by atoms with Crippen LogP contribution < -0.4 is 0 Å². The molecule has 2 heterocycles. The smallest absolute Gasteiger partial charge is 0.151 e. The lowest BCUT2D eigenvalue weighted by atomic mass is 9.93. The van der Waals surface area contributed by atoms with Crippen molar-refractivity contribution in [3.63, 3.8) is 0 Å². The van der Waals surface area contributed by atoms with E-state index in [1.54, 1.807) is 14.0 Å². The fourth-order valence-corrected chi connectivity index (χ4v) is 2.74. The zero-order chi connectivity index (χ0) is 15.4. The molecule has 21 heavy (non-hydrogen) atoms. The Morgan fingerprint density at radius 1 is 1.48 bits per heavy atom. The number of aldehydes is 1. The van der Waals surface area contributed by atoms with Gasteiger partial charge in [0.25, 0.3) is 0 Å². The molecule has 2 aliphatic heterocycles. The van der Waals surface area contributed by atoms with E-state index in [4.69, 9.17) is 14.2 Å². The Labute approximate surface area is 125 Å². The molecule has 0 aromatic heterocycles. The number of hydrogen-bond donors (Lipinski definition) is 0. The highest BCUT2D eigenvalue weighted by atomic mass is 16.6. The van der Waals surface area contributed by atoms with Crippen LogP contribution in [0.4, 0.5) is 0 Å². The second kappa shape index (κ2) is 7.29. The van der Waals surface area contributed by atoms with Gasteiger partial charge in [-0.2, -0.15) is 0 Å². The third kappa shape index (κ3) is 4.46. The van der Waals surface area contributed by atoms with Crippen molar-refractivity contribution in [2.75, 3.05) is 7.11 Å². The van der Waals surface area contributed by atoms with Crippen molar-refractivity contribution in [2.24, 2.45) is 5.92 Å². The molecule has 5 heteroatoms. The molecule has 118 valence electrons. The summed E-state index contributed by atoms with van der Waals surface area (Å²) < 4.78 is 16.7. The second-order valence-electron chi connectivity index (χ2n) is 5.88. The number of epoxide rings is 1. The van der Waals surface area contributed by atoms with Gasteiger partial charge >= 0.3 is 0 Å². The van der Waals surface area contributed by atoms with E-state index < -0.39 is 0 Å². The van der Waals surface area contributed by atoms with Crippen LogP contribution in [0.15, 0.2) is 12.2 Å². The van der Waals surface area contributed by atoms with Crippen LogP contribution in [0.3, 0.4) is 0 Å². The van der Waals surface area contributed by atoms with Gasteiger partial charge in [0.2, 0.25) is 0 Å². The first-order valence-corrected chi connectivity index (χ1v) is 7.51. The minimum absolute atomic E-state index is 0.00901. The van der Waals surface area contributed by atoms with Crippen LogP contribution >= 0.6 is 0 Å². The van der Waals surface area contributed by atoms with Crippen molar-refractivity contribution >= 4 is 12.1 Å². The summed E-state index contributed by atoms with van der Waals surface area (Å²) in [6.45, 7) is 3.48. The van der Waals surface area contributed by atoms with E-state index in [1.807, 2.05) is 13.0 Å². The van der Waals surface area contributed by atoms with Crippen molar-refractivity contribution in [1.29, 1.82) is 0 Å². The Hall–Kier alpha value is -1.04. The quantitative estimate of drug-likeness (QED) is 0.387. The highest BCUT2D eigenvalue weighted by Crippen LogP contribution is 2.29. The summed E-state index contributed by atoms with van der Waals surface area (Å²) in [7, 11) is 1.63. The molecule has 0 radical (unpaired) electrons. The fraction of sp³-hybridized carbons (Fsp3) is 0.750. The highest BCUT2D eigenvalue weighted by Gasteiger charge is 2.40. The zero-order valence-corrected chi connectivity index (χ0v) is 12.9. The SMILES string of the molecule is CO[C@@H](C[C@@H]1CC=C[C@@H](C[C@H]2O[C@@H]2C=O)O1)[C@@H](C)C(C)=O. The summed E-state index contributed by atoms with van der Waals surface area (Å²) in [6, 6.07) is 0. The van der Waals surface area contributed by atoms with Crippen molar-refractivity contribution in [3.05, 3.63) is 12.2 Å². The average Bonchev–Trinajstić information content (AvgIpc) is 3.22. The topological polar surface area (TPSA) is 65.1 Å². The predicted molar refractivity (Wildman–Crippen MR) is 77.0 cm³/mol. The maximum atomic E-state index is 11.5. The Kier molecular flexibility index (Phi) is 5.67. The molecule has 0 spiro atoms. The lowest BCUT2D eigenvalue weighted by molar-refractivity contribution is -0.126. The first-order valence-electron chi connectivity index (χ1n) is 7.51. The second-order valence-corrected chi connectivity index (χ2v) is 5.88. The summed E-state index contributed by atoms with van der Waals surface area (Å²) in [6.07, 6.45) is 6.81. The van der Waals surface area contributed by atoms with Crippen LogP contribution in [0.25, 0.3) is 0 Å². The molecular weight excluding hydrogens is 272 g/mol. The Balaban J connectivity index is 1.82. The van der Waals surface area contributed by atoms with Gasteiger partial charge in [0, 0.05) is 25.9 Å². The summed E-state index contributed by atoms with van der Waals surface area (Å²) in [5.41, 5.74) is 0. The molecule has 0 bridgehead atoms. The molecule has 0 amide bonds. The number of ketones is 1. The van der Waals surface area contributed by atoms with E-state index in [0.717, 1.165) is 12.7 Å². The van der Waals surface area contributed by atoms with Crippen LogP contribution in [0.1, 0.15) is 33.1 Å². The predicted octanol–water partition coefficient (Wildman–Crippen LogP) is 1.69. The van der Waals surface area contributed by atoms with Crippen LogP contribution in [0.2, 0.25) is 0 Å². The van der Waals surface area contributed by atoms with Crippen LogP contribution in [-0.4, -0.2) is 49.7 Å². The van der Waals surface area contributed by atoms with Gasteiger partial charge in [0.1, 0.15) is 11.9 Å². The van der Waals surface area contributed by atoms with Gasteiger partial charge in [0.15, 0.2) is 6.29 Å². The summed E-state index contributed by atoms with van der Waals surface area (Å²) >= 11 is 0. The fourth-order valence-electron chi connectivity index (χ4n) is 2.74. The number of carbonyl (C=O) groups is 2. The Bertz CT molecular complexity index is 405. The standard InChI is InChI=1S/C16H24O5/c1-10(11(2)18)14(19-3)7-12-5-4-6-13(20-12)8-15-16(9-17)21-15/h4,6,9-10,12-16H,5,7-8H2,1-3H3/t10-,12-,13-,14-,15+,16+/m0/s1. The minimum Gasteiger partial charge on any atom is -0.381 e. The zero-order valence-electron chi connectivity index (χ0n) is 12.9. The highest BCUT2D eigenvalue weighted by molar-refractivity contribution is 5.78. The number of hydrogen-bond acceptors (Lipinski definition) is 5. The van der Waals surface area contributed by atoms with Crippen LogP contribution in [0.5, 0.6) is 0 Å². The Morgan fingerprint density at radius 2 is 2.24 bits per heavy atom. The van der Waals surface area contributed by atoms with Gasteiger partial charge in [-0.15, -0.1) is 0 Å². The maximum Gasteiger partial charge on any atom is 0.151 e. The van der Waals surface area contributed by atoms with Gasteiger partial charge in [-0.3, -0.25) is 4.79 Å². The third-order valence-corrected chi connectivity index (χ3v) is 4.33. The first-order chi connectivity index (χ1) is 10.0. The monoisotopic (exact) mass is 296 g/mol. The normalized spacial score (nSPS) is 34.2. The van der Waals surface area contributed by atoms with Crippen molar-refractivity contribution < 1.29 is 23.8 Å². The molecule has 1 fully saturated rings. The maximum absolute atomic E-state index is 11.5. The minimum atomic E-state index is -0.258. The first kappa shape index (κ1) is 16.3. The summed E-state index contributed by atoms with van der Waals surface area (Å²) in [4.78, 5) is 22.1. The molecular formula is C16H24O5. The lowest BCUT2D eigenvalue weighted by Crippen LogP contribution is -2.34. The number of Topliss-reactive ketones (excluding diaryl/α,β-unsaturated/α-hetero) is 1. The van der Waals surface area contributed by atoms with E-state index in [9.17, 15) is 9.59 Å². The number of methoxy groups -OCH3 is 1. The van der Waals surface area contributed by atoms with E-state index in [0.29, 0.717) is 12.8 Å². The molecule has 0 aromatic rings. The number of ether oxygens (including phenoxy) is 3. The molecule has 0 unspecified atom stereocenters. The molecule has 0 aromatic carbocycles.